The molecule has 0 saturated carbocycles. The Morgan fingerprint density at radius 3 is 2.75 bits per heavy atom. The summed E-state index contributed by atoms with van der Waals surface area (Å²) in [5.41, 5.74) is 7.48. The van der Waals surface area contributed by atoms with Crippen LogP contribution in [0.5, 0.6) is 5.75 Å². The monoisotopic (exact) mass is 337 g/mol. The molecule has 0 aliphatic rings. The molecule has 0 bridgehead atoms. The molecule has 106 valence electrons. The van der Waals surface area contributed by atoms with E-state index in [-0.39, 0.29) is 5.82 Å². The first kappa shape index (κ1) is 15.0. The van der Waals surface area contributed by atoms with Crippen LogP contribution in [0.3, 0.4) is 0 Å². The van der Waals surface area contributed by atoms with Crippen molar-refractivity contribution in [2.45, 2.75) is 19.4 Å². The van der Waals surface area contributed by atoms with Gasteiger partial charge in [-0.1, -0.05) is 28.1 Å². The first-order valence-corrected chi connectivity index (χ1v) is 7.34. The van der Waals surface area contributed by atoms with Gasteiger partial charge in [-0.05, 0) is 60.8 Å². The van der Waals surface area contributed by atoms with Crippen LogP contribution in [-0.4, -0.2) is 6.54 Å². The van der Waals surface area contributed by atoms with Crippen molar-refractivity contribution in [1.29, 1.82) is 0 Å². The van der Waals surface area contributed by atoms with E-state index in [0.29, 0.717) is 13.2 Å². The molecule has 0 heterocycles. The van der Waals surface area contributed by atoms with Crippen LogP contribution in [0, 0.1) is 5.82 Å². The molecule has 0 spiro atoms. The summed E-state index contributed by atoms with van der Waals surface area (Å²) in [7, 11) is 0. The molecule has 0 fully saturated rings. The summed E-state index contributed by atoms with van der Waals surface area (Å²) in [5, 5.41) is 0. The van der Waals surface area contributed by atoms with E-state index < -0.39 is 0 Å². The number of nitrogens with two attached hydrogens (primary N) is 1. The largest absolute Gasteiger partial charge is 0.489 e. The van der Waals surface area contributed by atoms with Gasteiger partial charge in [0.05, 0.1) is 0 Å². The van der Waals surface area contributed by atoms with Gasteiger partial charge < -0.3 is 10.5 Å². The normalized spacial score (nSPS) is 10.6. The SMILES string of the molecule is NCCCc1cc(Br)ccc1OCc1cccc(F)c1. The van der Waals surface area contributed by atoms with Gasteiger partial charge >= 0.3 is 0 Å². The van der Waals surface area contributed by atoms with Crippen LogP contribution in [0.1, 0.15) is 17.5 Å². The van der Waals surface area contributed by atoms with E-state index in [0.717, 1.165) is 34.2 Å². The third-order valence-corrected chi connectivity index (χ3v) is 3.45. The Morgan fingerprint density at radius 1 is 1.15 bits per heavy atom. The van der Waals surface area contributed by atoms with Crippen molar-refractivity contribution in [3.8, 4) is 5.75 Å². The third kappa shape index (κ3) is 4.32. The third-order valence-electron chi connectivity index (χ3n) is 2.96. The van der Waals surface area contributed by atoms with Crippen molar-refractivity contribution >= 4 is 15.9 Å². The summed E-state index contributed by atoms with van der Waals surface area (Å²) in [6, 6.07) is 12.3. The van der Waals surface area contributed by atoms with Crippen LogP contribution in [0.4, 0.5) is 4.39 Å². The van der Waals surface area contributed by atoms with Gasteiger partial charge in [-0.3, -0.25) is 0 Å². The zero-order valence-corrected chi connectivity index (χ0v) is 12.7. The fourth-order valence-electron chi connectivity index (χ4n) is 1.96. The fourth-order valence-corrected chi connectivity index (χ4v) is 2.37. The molecule has 2 aromatic rings. The molecular formula is C16H17BrFNO. The second-order valence-electron chi connectivity index (χ2n) is 4.56. The quantitative estimate of drug-likeness (QED) is 0.862. The van der Waals surface area contributed by atoms with Crippen molar-refractivity contribution in [3.63, 3.8) is 0 Å². The molecule has 2 aromatic carbocycles. The molecule has 0 unspecified atom stereocenters. The van der Waals surface area contributed by atoms with Crippen molar-refractivity contribution in [1.82, 2.24) is 0 Å². The number of ether oxygens (including phenoxy) is 1. The van der Waals surface area contributed by atoms with Gasteiger partial charge in [0.25, 0.3) is 0 Å². The molecule has 4 heteroatoms. The Bertz CT molecular complexity index is 574. The van der Waals surface area contributed by atoms with Crippen LogP contribution >= 0.6 is 15.9 Å². The van der Waals surface area contributed by atoms with Crippen molar-refractivity contribution in [2.75, 3.05) is 6.54 Å². The molecule has 0 aliphatic carbocycles. The lowest BCUT2D eigenvalue weighted by molar-refractivity contribution is 0.302. The molecular weight excluding hydrogens is 321 g/mol. The molecule has 0 aliphatic heterocycles. The Labute approximate surface area is 126 Å². The summed E-state index contributed by atoms with van der Waals surface area (Å²) >= 11 is 3.46. The highest BCUT2D eigenvalue weighted by Gasteiger charge is 2.05. The van der Waals surface area contributed by atoms with E-state index in [1.807, 2.05) is 24.3 Å². The van der Waals surface area contributed by atoms with Crippen LogP contribution in [0.25, 0.3) is 0 Å². The van der Waals surface area contributed by atoms with E-state index in [1.54, 1.807) is 6.07 Å². The zero-order chi connectivity index (χ0) is 14.4. The Morgan fingerprint density at radius 2 is 2.00 bits per heavy atom. The van der Waals surface area contributed by atoms with E-state index in [9.17, 15) is 4.39 Å². The molecule has 0 amide bonds. The van der Waals surface area contributed by atoms with E-state index in [2.05, 4.69) is 15.9 Å². The van der Waals surface area contributed by atoms with E-state index >= 15 is 0 Å². The van der Waals surface area contributed by atoms with Gasteiger partial charge in [0.15, 0.2) is 0 Å². The fraction of sp³-hybridized carbons (Fsp3) is 0.250. The molecule has 2 nitrogen and oxygen atoms in total. The summed E-state index contributed by atoms with van der Waals surface area (Å²) in [4.78, 5) is 0. The second kappa shape index (κ2) is 7.41. The summed E-state index contributed by atoms with van der Waals surface area (Å²) in [5.74, 6) is 0.580. The maximum absolute atomic E-state index is 13.1. The van der Waals surface area contributed by atoms with Crippen molar-refractivity contribution in [3.05, 3.63) is 63.9 Å². The number of hydrogen-bond donors (Lipinski definition) is 1. The molecule has 0 radical (unpaired) electrons. The minimum atomic E-state index is -0.245. The van der Waals surface area contributed by atoms with Gasteiger partial charge in [-0.15, -0.1) is 0 Å². The van der Waals surface area contributed by atoms with Crippen LogP contribution in [-0.2, 0) is 13.0 Å². The lowest BCUT2D eigenvalue weighted by Crippen LogP contribution is -2.03. The maximum atomic E-state index is 13.1. The second-order valence-corrected chi connectivity index (χ2v) is 5.48. The van der Waals surface area contributed by atoms with Crippen LogP contribution in [0.2, 0.25) is 0 Å². The van der Waals surface area contributed by atoms with Gasteiger partial charge in [0.2, 0.25) is 0 Å². The lowest BCUT2D eigenvalue weighted by atomic mass is 10.1. The van der Waals surface area contributed by atoms with Gasteiger partial charge in [-0.25, -0.2) is 4.39 Å². The molecule has 0 saturated heterocycles. The number of halogens is 2. The average Bonchev–Trinajstić information content (AvgIpc) is 2.44. The minimum absolute atomic E-state index is 0.245. The molecule has 0 atom stereocenters. The van der Waals surface area contributed by atoms with Crippen molar-refractivity contribution < 1.29 is 9.13 Å². The molecule has 2 rings (SSSR count). The van der Waals surface area contributed by atoms with E-state index in [4.69, 9.17) is 10.5 Å². The Balaban J connectivity index is 2.08. The topological polar surface area (TPSA) is 35.2 Å². The highest BCUT2D eigenvalue weighted by atomic mass is 79.9. The van der Waals surface area contributed by atoms with Crippen LogP contribution in [0.15, 0.2) is 46.9 Å². The van der Waals surface area contributed by atoms with Crippen molar-refractivity contribution in [2.24, 2.45) is 5.73 Å². The van der Waals surface area contributed by atoms with Gasteiger partial charge in [0, 0.05) is 4.47 Å². The first-order chi connectivity index (χ1) is 9.69. The minimum Gasteiger partial charge on any atom is -0.489 e. The first-order valence-electron chi connectivity index (χ1n) is 6.55. The standard InChI is InChI=1S/C16H17BrFNO/c17-14-6-7-16(13(10-14)4-2-8-19)20-11-12-3-1-5-15(18)9-12/h1,3,5-7,9-10H,2,4,8,11,19H2. The summed E-state index contributed by atoms with van der Waals surface area (Å²) in [6.45, 7) is 1.00. The van der Waals surface area contributed by atoms with Crippen LogP contribution < -0.4 is 10.5 Å². The highest BCUT2D eigenvalue weighted by molar-refractivity contribution is 9.10. The molecule has 20 heavy (non-hydrogen) atoms. The predicted octanol–water partition coefficient (Wildman–Crippen LogP) is 4.06. The number of benzene rings is 2. The summed E-state index contributed by atoms with van der Waals surface area (Å²) < 4.78 is 19.9. The van der Waals surface area contributed by atoms with E-state index in [1.165, 1.54) is 12.1 Å². The number of aryl methyl sites for hydroxylation is 1. The number of hydrogen-bond acceptors (Lipinski definition) is 2. The maximum Gasteiger partial charge on any atom is 0.123 e. The average molecular weight is 338 g/mol. The zero-order valence-electron chi connectivity index (χ0n) is 11.1. The Hall–Kier alpha value is -1.39. The van der Waals surface area contributed by atoms with Gasteiger partial charge in [-0.2, -0.15) is 0 Å². The Kier molecular flexibility index (Phi) is 5.56. The lowest BCUT2D eigenvalue weighted by Gasteiger charge is -2.12. The summed E-state index contributed by atoms with van der Waals surface area (Å²) in [6.07, 6.45) is 1.78. The smallest absolute Gasteiger partial charge is 0.123 e. The highest BCUT2D eigenvalue weighted by Crippen LogP contribution is 2.25. The van der Waals surface area contributed by atoms with Gasteiger partial charge in [0.1, 0.15) is 18.2 Å². The predicted molar refractivity (Wildman–Crippen MR) is 82.2 cm³/mol. The number of rotatable bonds is 6. The molecule has 0 aromatic heterocycles. The molecule has 2 N–H and O–H groups in total.